The van der Waals surface area contributed by atoms with Crippen LogP contribution in [0.1, 0.15) is 6.92 Å². The number of carbonyl (C=O) groups excluding carboxylic acids is 1. The summed E-state index contributed by atoms with van der Waals surface area (Å²) in [6, 6.07) is 9.44. The van der Waals surface area contributed by atoms with Gasteiger partial charge in [-0.2, -0.15) is 0 Å². The highest BCUT2D eigenvalue weighted by Gasteiger charge is 2.35. The number of rotatable bonds is 4. The third-order valence-corrected chi connectivity index (χ3v) is 3.88. The molecule has 1 aliphatic rings. The molecule has 5 nitrogen and oxygen atoms in total. The molecule has 0 spiro atoms. The molecule has 1 fully saturated rings. The largest absolute Gasteiger partial charge is 0.481 e. The van der Waals surface area contributed by atoms with Crippen molar-refractivity contribution in [3.63, 3.8) is 0 Å². The van der Waals surface area contributed by atoms with Crippen LogP contribution >= 0.6 is 0 Å². The SMILES string of the molecule is C[C@@H]1CN(CC(=O)N(C)c2ccccc2)C[C@H]1C(=O)O. The van der Waals surface area contributed by atoms with E-state index in [-0.39, 0.29) is 24.3 Å². The Morgan fingerprint density at radius 3 is 2.50 bits per heavy atom. The number of hydrogen-bond acceptors (Lipinski definition) is 3. The third kappa shape index (κ3) is 3.17. The van der Waals surface area contributed by atoms with Gasteiger partial charge in [-0.05, 0) is 18.1 Å². The lowest BCUT2D eigenvalue weighted by atomic mass is 9.99. The molecular formula is C15H20N2O3. The van der Waals surface area contributed by atoms with Gasteiger partial charge in [0.2, 0.25) is 5.91 Å². The van der Waals surface area contributed by atoms with E-state index in [2.05, 4.69) is 0 Å². The zero-order valence-electron chi connectivity index (χ0n) is 11.8. The minimum absolute atomic E-state index is 0.0190. The molecule has 1 heterocycles. The summed E-state index contributed by atoms with van der Waals surface area (Å²) >= 11 is 0. The number of carbonyl (C=O) groups is 2. The maximum Gasteiger partial charge on any atom is 0.308 e. The van der Waals surface area contributed by atoms with Gasteiger partial charge in [0, 0.05) is 25.8 Å². The van der Waals surface area contributed by atoms with Crippen LogP contribution in [-0.4, -0.2) is 48.6 Å². The number of amides is 1. The van der Waals surface area contributed by atoms with Crippen molar-refractivity contribution in [1.82, 2.24) is 4.90 Å². The van der Waals surface area contributed by atoms with E-state index in [1.807, 2.05) is 42.2 Å². The topological polar surface area (TPSA) is 60.9 Å². The Morgan fingerprint density at radius 1 is 1.30 bits per heavy atom. The van der Waals surface area contributed by atoms with E-state index in [4.69, 9.17) is 5.11 Å². The molecule has 0 saturated carbocycles. The molecule has 2 atom stereocenters. The second kappa shape index (κ2) is 6.05. The second-order valence-electron chi connectivity index (χ2n) is 5.40. The van der Waals surface area contributed by atoms with Crippen LogP contribution in [0, 0.1) is 11.8 Å². The molecule has 20 heavy (non-hydrogen) atoms. The summed E-state index contributed by atoms with van der Waals surface area (Å²) in [6.45, 7) is 3.29. The average Bonchev–Trinajstić information content (AvgIpc) is 2.79. The molecule has 1 saturated heterocycles. The normalized spacial score (nSPS) is 22.7. The van der Waals surface area contributed by atoms with E-state index < -0.39 is 5.97 Å². The van der Waals surface area contributed by atoms with Gasteiger partial charge in [0.15, 0.2) is 0 Å². The number of likely N-dealkylation sites (tertiary alicyclic amines) is 1. The van der Waals surface area contributed by atoms with Gasteiger partial charge in [-0.25, -0.2) is 0 Å². The molecular weight excluding hydrogens is 256 g/mol. The predicted octanol–water partition coefficient (Wildman–Crippen LogP) is 1.30. The van der Waals surface area contributed by atoms with Gasteiger partial charge in [0.05, 0.1) is 12.5 Å². The average molecular weight is 276 g/mol. The quantitative estimate of drug-likeness (QED) is 0.900. The summed E-state index contributed by atoms with van der Waals surface area (Å²) in [5.74, 6) is -1.08. The van der Waals surface area contributed by atoms with Gasteiger partial charge in [-0.3, -0.25) is 14.5 Å². The Morgan fingerprint density at radius 2 is 1.95 bits per heavy atom. The minimum Gasteiger partial charge on any atom is -0.481 e. The lowest BCUT2D eigenvalue weighted by molar-refractivity contribution is -0.142. The van der Waals surface area contributed by atoms with E-state index >= 15 is 0 Å². The molecule has 0 aliphatic carbocycles. The van der Waals surface area contributed by atoms with E-state index in [0.29, 0.717) is 13.1 Å². The zero-order chi connectivity index (χ0) is 14.7. The van der Waals surface area contributed by atoms with Crippen molar-refractivity contribution in [3.8, 4) is 0 Å². The second-order valence-corrected chi connectivity index (χ2v) is 5.40. The number of para-hydroxylation sites is 1. The van der Waals surface area contributed by atoms with Gasteiger partial charge in [0.25, 0.3) is 0 Å². The van der Waals surface area contributed by atoms with E-state index in [9.17, 15) is 9.59 Å². The molecule has 0 radical (unpaired) electrons. The fourth-order valence-electron chi connectivity index (χ4n) is 2.61. The van der Waals surface area contributed by atoms with Gasteiger partial charge >= 0.3 is 5.97 Å². The number of hydrogen-bond donors (Lipinski definition) is 1. The van der Waals surface area contributed by atoms with E-state index in [1.165, 1.54) is 0 Å². The molecule has 0 aromatic heterocycles. The Labute approximate surface area is 118 Å². The molecule has 2 rings (SSSR count). The fourth-order valence-corrected chi connectivity index (χ4v) is 2.61. The molecule has 1 amide bonds. The smallest absolute Gasteiger partial charge is 0.308 e. The summed E-state index contributed by atoms with van der Waals surface area (Å²) < 4.78 is 0. The van der Waals surface area contributed by atoms with Crippen LogP contribution in [0.15, 0.2) is 30.3 Å². The first kappa shape index (κ1) is 14.5. The Balaban J connectivity index is 1.94. The molecule has 5 heteroatoms. The van der Waals surface area contributed by atoms with Crippen molar-refractivity contribution >= 4 is 17.6 Å². The highest BCUT2D eigenvalue weighted by Crippen LogP contribution is 2.23. The zero-order valence-corrected chi connectivity index (χ0v) is 11.8. The third-order valence-electron chi connectivity index (χ3n) is 3.88. The van der Waals surface area contributed by atoms with Crippen LogP contribution < -0.4 is 4.90 Å². The standard InChI is InChI=1S/C15H20N2O3/c1-11-8-17(9-13(11)15(19)20)10-14(18)16(2)12-6-4-3-5-7-12/h3-7,11,13H,8-10H2,1-2H3,(H,19,20)/t11-,13-/m1/s1. The highest BCUT2D eigenvalue weighted by molar-refractivity contribution is 5.94. The molecule has 1 aromatic carbocycles. The molecule has 0 unspecified atom stereocenters. The van der Waals surface area contributed by atoms with E-state index in [1.54, 1.807) is 11.9 Å². The van der Waals surface area contributed by atoms with Crippen LogP contribution in [0.3, 0.4) is 0 Å². The first-order valence-electron chi connectivity index (χ1n) is 6.76. The van der Waals surface area contributed by atoms with Crippen molar-refractivity contribution in [2.45, 2.75) is 6.92 Å². The predicted molar refractivity (Wildman–Crippen MR) is 76.6 cm³/mol. The highest BCUT2D eigenvalue weighted by atomic mass is 16.4. The van der Waals surface area contributed by atoms with Crippen LogP contribution in [-0.2, 0) is 9.59 Å². The van der Waals surface area contributed by atoms with Crippen molar-refractivity contribution in [2.75, 3.05) is 31.6 Å². The number of carboxylic acids is 1. The van der Waals surface area contributed by atoms with Crippen molar-refractivity contribution in [2.24, 2.45) is 11.8 Å². The molecule has 108 valence electrons. The van der Waals surface area contributed by atoms with Gasteiger partial charge < -0.3 is 10.0 Å². The van der Waals surface area contributed by atoms with Crippen LogP contribution in [0.4, 0.5) is 5.69 Å². The van der Waals surface area contributed by atoms with Gasteiger partial charge in [-0.1, -0.05) is 25.1 Å². The summed E-state index contributed by atoms with van der Waals surface area (Å²) in [6.07, 6.45) is 0. The van der Waals surface area contributed by atoms with Crippen LogP contribution in [0.2, 0.25) is 0 Å². The maximum absolute atomic E-state index is 12.2. The monoisotopic (exact) mass is 276 g/mol. The Bertz CT molecular complexity index is 489. The van der Waals surface area contributed by atoms with Crippen molar-refractivity contribution in [1.29, 1.82) is 0 Å². The number of anilines is 1. The lowest BCUT2D eigenvalue weighted by Crippen LogP contribution is -2.37. The molecule has 1 aromatic rings. The molecule has 1 aliphatic heterocycles. The summed E-state index contributed by atoms with van der Waals surface area (Å²) in [5.41, 5.74) is 0.847. The number of carboxylic acid groups (broad SMARTS) is 1. The lowest BCUT2D eigenvalue weighted by Gasteiger charge is -2.21. The van der Waals surface area contributed by atoms with Crippen molar-refractivity contribution in [3.05, 3.63) is 30.3 Å². The number of benzene rings is 1. The number of aliphatic carboxylic acids is 1. The first-order valence-corrected chi connectivity index (χ1v) is 6.76. The number of likely N-dealkylation sites (N-methyl/N-ethyl adjacent to an activating group) is 1. The van der Waals surface area contributed by atoms with Gasteiger partial charge in [-0.15, -0.1) is 0 Å². The summed E-state index contributed by atoms with van der Waals surface area (Å²) in [5, 5.41) is 9.10. The molecule has 0 bridgehead atoms. The van der Waals surface area contributed by atoms with Gasteiger partial charge in [0.1, 0.15) is 0 Å². The van der Waals surface area contributed by atoms with E-state index in [0.717, 1.165) is 5.69 Å². The summed E-state index contributed by atoms with van der Waals surface area (Å²) in [4.78, 5) is 26.8. The fraction of sp³-hybridized carbons (Fsp3) is 0.467. The maximum atomic E-state index is 12.2. The Hall–Kier alpha value is -1.88. The summed E-state index contributed by atoms with van der Waals surface area (Å²) in [7, 11) is 1.74. The molecule has 1 N–H and O–H groups in total. The minimum atomic E-state index is -0.774. The first-order chi connectivity index (χ1) is 9.49. The Kier molecular flexibility index (Phi) is 4.39. The number of nitrogens with zero attached hydrogens (tertiary/aromatic N) is 2. The van der Waals surface area contributed by atoms with Crippen molar-refractivity contribution < 1.29 is 14.7 Å². The van der Waals surface area contributed by atoms with Crippen LogP contribution in [0.5, 0.6) is 0 Å². The van der Waals surface area contributed by atoms with Crippen LogP contribution in [0.25, 0.3) is 0 Å².